The summed E-state index contributed by atoms with van der Waals surface area (Å²) in [6.07, 6.45) is 1.57. The van der Waals surface area contributed by atoms with E-state index in [-0.39, 0.29) is 10.8 Å². The molecule has 0 spiro atoms. The van der Waals surface area contributed by atoms with Crippen LogP contribution in [0.25, 0.3) is 11.6 Å². The first-order valence-corrected chi connectivity index (χ1v) is 10.1. The van der Waals surface area contributed by atoms with Crippen molar-refractivity contribution in [3.8, 4) is 5.75 Å². The van der Waals surface area contributed by atoms with Gasteiger partial charge in [-0.3, -0.25) is 4.79 Å². The third-order valence-corrected chi connectivity index (χ3v) is 6.47. The predicted molar refractivity (Wildman–Crippen MR) is 115 cm³/mol. The van der Waals surface area contributed by atoms with Gasteiger partial charge < -0.3 is 14.7 Å². The number of carbonyl (C=O) groups is 2. The largest absolute Gasteiger partial charge is 0.496 e. The van der Waals surface area contributed by atoms with Crippen LogP contribution in [0.15, 0.2) is 50.2 Å². The lowest BCUT2D eigenvalue weighted by Crippen LogP contribution is -2.16. The van der Waals surface area contributed by atoms with Crippen molar-refractivity contribution in [3.05, 3.63) is 56.5 Å². The second-order valence-corrected chi connectivity index (χ2v) is 8.31. The standard InChI is InChI=1S/C19H17Br2NO4S/c1-22(2)19(25)27-17-14(20)9-11(10-15(17)21)8-13(18(23)24)12-6-4-5-7-16(12)26-3/h4-10H,1-3H3,(H,23,24)/b13-8+. The molecule has 27 heavy (non-hydrogen) atoms. The number of rotatable bonds is 5. The molecule has 0 bridgehead atoms. The third-order valence-electron chi connectivity index (χ3n) is 3.51. The minimum absolute atomic E-state index is 0.107. The van der Waals surface area contributed by atoms with Crippen LogP contribution >= 0.6 is 43.6 Å². The van der Waals surface area contributed by atoms with Gasteiger partial charge in [0.15, 0.2) is 0 Å². The number of nitrogens with zero attached hydrogens (tertiary/aromatic N) is 1. The molecule has 0 saturated heterocycles. The van der Waals surface area contributed by atoms with Crippen LogP contribution in [0.2, 0.25) is 0 Å². The van der Waals surface area contributed by atoms with E-state index < -0.39 is 5.97 Å². The van der Waals surface area contributed by atoms with Gasteiger partial charge in [-0.2, -0.15) is 0 Å². The minimum atomic E-state index is -1.06. The van der Waals surface area contributed by atoms with E-state index in [4.69, 9.17) is 4.74 Å². The van der Waals surface area contributed by atoms with Gasteiger partial charge in [0.1, 0.15) is 5.75 Å². The highest BCUT2D eigenvalue weighted by molar-refractivity contribution is 9.11. The van der Waals surface area contributed by atoms with E-state index in [0.717, 1.165) is 16.7 Å². The summed E-state index contributed by atoms with van der Waals surface area (Å²) in [5, 5.41) is 9.57. The molecule has 1 N–H and O–H groups in total. The summed E-state index contributed by atoms with van der Waals surface area (Å²) in [7, 11) is 4.86. The highest BCUT2D eigenvalue weighted by Gasteiger charge is 2.17. The normalized spacial score (nSPS) is 11.2. The first-order chi connectivity index (χ1) is 12.7. The van der Waals surface area contributed by atoms with Gasteiger partial charge in [-0.05, 0) is 73.5 Å². The van der Waals surface area contributed by atoms with Crippen molar-refractivity contribution in [1.29, 1.82) is 0 Å². The van der Waals surface area contributed by atoms with Crippen LogP contribution < -0.4 is 4.74 Å². The number of carbonyl (C=O) groups excluding carboxylic acids is 1. The van der Waals surface area contributed by atoms with Crippen LogP contribution in [-0.2, 0) is 4.79 Å². The van der Waals surface area contributed by atoms with Gasteiger partial charge in [0.05, 0.1) is 12.7 Å². The highest BCUT2D eigenvalue weighted by atomic mass is 79.9. The summed E-state index contributed by atoms with van der Waals surface area (Å²) in [5.41, 5.74) is 1.26. The molecule has 142 valence electrons. The molecule has 0 heterocycles. The Morgan fingerprint density at radius 1 is 1.15 bits per heavy atom. The average Bonchev–Trinajstić information content (AvgIpc) is 2.62. The third kappa shape index (κ3) is 5.37. The first-order valence-electron chi connectivity index (χ1n) is 7.71. The van der Waals surface area contributed by atoms with Gasteiger partial charge in [0.25, 0.3) is 5.24 Å². The van der Waals surface area contributed by atoms with E-state index >= 15 is 0 Å². The summed E-state index contributed by atoms with van der Waals surface area (Å²) in [4.78, 5) is 26.0. The van der Waals surface area contributed by atoms with Gasteiger partial charge in [0.2, 0.25) is 0 Å². The Kier molecular flexibility index (Phi) is 7.52. The molecule has 0 aliphatic heterocycles. The Labute approximate surface area is 178 Å². The first kappa shape index (κ1) is 21.5. The number of carboxylic acids is 1. The summed E-state index contributed by atoms with van der Waals surface area (Å²) >= 11 is 8.01. The van der Waals surface area contributed by atoms with Gasteiger partial charge in [-0.25, -0.2) is 4.79 Å². The second-order valence-electron chi connectivity index (χ2n) is 5.64. The lowest BCUT2D eigenvalue weighted by molar-refractivity contribution is -0.130. The van der Waals surface area contributed by atoms with Gasteiger partial charge in [-0.1, -0.05) is 18.2 Å². The van der Waals surface area contributed by atoms with Gasteiger partial charge >= 0.3 is 5.97 Å². The van der Waals surface area contributed by atoms with E-state index in [0.29, 0.717) is 25.8 Å². The lowest BCUT2D eigenvalue weighted by Gasteiger charge is -2.13. The van der Waals surface area contributed by atoms with Crippen molar-refractivity contribution in [2.24, 2.45) is 0 Å². The minimum Gasteiger partial charge on any atom is -0.496 e. The Hall–Kier alpha value is -1.77. The molecule has 1 amide bonds. The summed E-state index contributed by atoms with van der Waals surface area (Å²) in [6.45, 7) is 0. The number of amides is 1. The molecule has 0 aliphatic rings. The van der Waals surface area contributed by atoms with Crippen LogP contribution in [0.4, 0.5) is 4.79 Å². The molecular weight excluding hydrogens is 498 g/mol. The maximum atomic E-state index is 12.0. The van der Waals surface area contributed by atoms with Gasteiger partial charge in [0, 0.05) is 33.5 Å². The van der Waals surface area contributed by atoms with Gasteiger partial charge in [-0.15, -0.1) is 0 Å². The number of thioether (sulfide) groups is 1. The van der Waals surface area contributed by atoms with E-state index in [9.17, 15) is 14.7 Å². The monoisotopic (exact) mass is 513 g/mol. The fourth-order valence-electron chi connectivity index (χ4n) is 2.23. The van der Waals surface area contributed by atoms with E-state index in [1.54, 1.807) is 56.6 Å². The van der Waals surface area contributed by atoms with Crippen LogP contribution in [0.1, 0.15) is 11.1 Å². The quantitative estimate of drug-likeness (QED) is 0.318. The molecule has 0 unspecified atom stereocenters. The topological polar surface area (TPSA) is 66.8 Å². The molecule has 0 aliphatic carbocycles. The Morgan fingerprint density at radius 2 is 1.74 bits per heavy atom. The predicted octanol–water partition coefficient (Wildman–Crippen LogP) is 5.62. The van der Waals surface area contributed by atoms with Crippen LogP contribution in [0.3, 0.4) is 0 Å². The molecular formula is C19H17Br2NO4S. The maximum absolute atomic E-state index is 12.0. The average molecular weight is 515 g/mol. The zero-order valence-electron chi connectivity index (χ0n) is 14.8. The number of methoxy groups -OCH3 is 1. The number of benzene rings is 2. The number of hydrogen-bond donors (Lipinski definition) is 1. The second kappa shape index (κ2) is 9.43. The molecule has 2 aromatic rings. The SMILES string of the molecule is COc1ccccc1/C(=C\c1cc(Br)c(SC(=O)N(C)C)c(Br)c1)C(=O)O. The Morgan fingerprint density at radius 3 is 2.26 bits per heavy atom. The van der Waals surface area contributed by atoms with Crippen molar-refractivity contribution in [1.82, 2.24) is 4.90 Å². The molecule has 0 radical (unpaired) electrons. The van der Waals surface area contributed by atoms with Crippen LogP contribution in [0.5, 0.6) is 5.75 Å². The maximum Gasteiger partial charge on any atom is 0.336 e. The number of para-hydroxylation sites is 1. The van der Waals surface area contributed by atoms with Crippen molar-refractivity contribution < 1.29 is 19.4 Å². The zero-order valence-corrected chi connectivity index (χ0v) is 18.8. The Balaban J connectivity index is 2.50. The summed E-state index contributed by atoms with van der Waals surface area (Å²) < 4.78 is 6.65. The number of hydrogen-bond acceptors (Lipinski definition) is 4. The number of ether oxygens (including phenoxy) is 1. The highest BCUT2D eigenvalue weighted by Crippen LogP contribution is 2.38. The Bertz CT molecular complexity index is 889. The fourth-order valence-corrected chi connectivity index (χ4v) is 4.60. The summed E-state index contributed by atoms with van der Waals surface area (Å²) in [5.74, 6) is -0.582. The number of carboxylic acid groups (broad SMARTS) is 1. The molecule has 0 aromatic heterocycles. The van der Waals surface area contributed by atoms with E-state index in [1.165, 1.54) is 12.0 Å². The molecule has 8 heteroatoms. The molecule has 5 nitrogen and oxygen atoms in total. The van der Waals surface area contributed by atoms with Crippen molar-refractivity contribution in [2.45, 2.75) is 4.90 Å². The summed E-state index contributed by atoms with van der Waals surface area (Å²) in [6, 6.07) is 10.5. The molecule has 2 aromatic carbocycles. The van der Waals surface area contributed by atoms with Crippen molar-refractivity contribution >= 4 is 66.5 Å². The smallest absolute Gasteiger partial charge is 0.336 e. The lowest BCUT2D eigenvalue weighted by atomic mass is 10.0. The number of halogens is 2. The molecule has 0 saturated carbocycles. The molecule has 0 atom stereocenters. The van der Waals surface area contributed by atoms with E-state index in [2.05, 4.69) is 31.9 Å². The fraction of sp³-hybridized carbons (Fsp3) is 0.158. The molecule has 2 rings (SSSR count). The molecule has 0 fully saturated rings. The van der Waals surface area contributed by atoms with Crippen molar-refractivity contribution in [3.63, 3.8) is 0 Å². The van der Waals surface area contributed by atoms with Crippen LogP contribution in [0, 0.1) is 0 Å². The van der Waals surface area contributed by atoms with E-state index in [1.807, 2.05) is 0 Å². The van der Waals surface area contributed by atoms with Crippen molar-refractivity contribution in [2.75, 3.05) is 21.2 Å². The zero-order chi connectivity index (χ0) is 20.1. The van der Waals surface area contributed by atoms with Crippen LogP contribution in [-0.4, -0.2) is 42.4 Å². The number of aliphatic carboxylic acids is 1.